The van der Waals surface area contributed by atoms with E-state index >= 15 is 0 Å². The van der Waals surface area contributed by atoms with Gasteiger partial charge in [-0.25, -0.2) is 19.4 Å². The quantitative estimate of drug-likeness (QED) is 0.132. The zero-order valence-electron chi connectivity index (χ0n) is 17.7. The molecular formula is C21H16F4N10. The minimum absolute atomic E-state index is 0.0214. The van der Waals surface area contributed by atoms with E-state index < -0.39 is 17.8 Å². The Morgan fingerprint density at radius 1 is 1.23 bits per heavy atom. The molecule has 0 saturated carbocycles. The van der Waals surface area contributed by atoms with Gasteiger partial charge in [0.25, 0.3) is 0 Å². The van der Waals surface area contributed by atoms with E-state index in [2.05, 4.69) is 30.0 Å². The minimum atomic E-state index is -4.76. The first kappa shape index (κ1) is 24.7. The van der Waals surface area contributed by atoms with Gasteiger partial charge in [0.1, 0.15) is 24.1 Å². The monoisotopic (exact) mass is 484 g/mol. The first-order valence-corrected chi connectivity index (χ1v) is 9.62. The number of rotatable bonds is 7. The molecule has 3 rings (SSSR count). The van der Waals surface area contributed by atoms with Gasteiger partial charge in [-0.3, -0.25) is 10.4 Å². The van der Waals surface area contributed by atoms with E-state index in [0.717, 1.165) is 12.4 Å². The molecule has 0 atom stereocenters. The maximum atomic E-state index is 13.8. The molecule has 0 spiro atoms. The molecule has 3 aromatic rings. The third kappa shape index (κ3) is 5.53. The summed E-state index contributed by atoms with van der Waals surface area (Å²) in [5, 5.41) is 20.6. The van der Waals surface area contributed by atoms with Crippen LogP contribution in [-0.4, -0.2) is 39.1 Å². The number of aromatic amines is 1. The SMILES string of the molecule is N#Cc1c(CC(C=Nc2ccccc2F)=NN)[nH]c(C(N)=NC=N)c1-c1cnc(C(F)(F)F)nc1. The lowest BCUT2D eigenvalue weighted by Crippen LogP contribution is -2.16. The highest BCUT2D eigenvalue weighted by molar-refractivity contribution is 6.31. The van der Waals surface area contributed by atoms with E-state index in [1.165, 1.54) is 24.4 Å². The van der Waals surface area contributed by atoms with Crippen LogP contribution in [0.2, 0.25) is 0 Å². The molecule has 0 amide bonds. The molecule has 0 bridgehead atoms. The highest BCUT2D eigenvalue weighted by Crippen LogP contribution is 2.32. The van der Waals surface area contributed by atoms with Gasteiger partial charge in [-0.1, -0.05) is 12.1 Å². The number of alkyl halides is 3. The van der Waals surface area contributed by atoms with Crippen LogP contribution in [0.1, 0.15) is 22.8 Å². The number of aromatic nitrogens is 3. The number of benzene rings is 1. The maximum Gasteiger partial charge on any atom is 0.451 e. The first-order chi connectivity index (χ1) is 16.7. The molecule has 6 N–H and O–H groups in total. The number of nitriles is 1. The van der Waals surface area contributed by atoms with Gasteiger partial charge in [-0.05, 0) is 12.1 Å². The zero-order chi connectivity index (χ0) is 25.6. The van der Waals surface area contributed by atoms with Crippen molar-refractivity contribution in [1.29, 1.82) is 10.7 Å². The summed E-state index contributed by atoms with van der Waals surface area (Å²) in [7, 11) is 0. The maximum absolute atomic E-state index is 13.8. The summed E-state index contributed by atoms with van der Waals surface area (Å²) in [6.45, 7) is 0. The van der Waals surface area contributed by atoms with Gasteiger partial charge in [0.05, 0.1) is 28.9 Å². The van der Waals surface area contributed by atoms with Crippen LogP contribution in [-0.2, 0) is 12.6 Å². The van der Waals surface area contributed by atoms with Crippen LogP contribution in [0.5, 0.6) is 0 Å². The molecule has 0 fully saturated rings. The Labute approximate surface area is 195 Å². The van der Waals surface area contributed by atoms with Crippen LogP contribution in [0.4, 0.5) is 23.2 Å². The number of halogens is 4. The Morgan fingerprint density at radius 2 is 1.91 bits per heavy atom. The highest BCUT2D eigenvalue weighted by Gasteiger charge is 2.34. The molecule has 14 heteroatoms. The predicted molar refractivity (Wildman–Crippen MR) is 121 cm³/mol. The van der Waals surface area contributed by atoms with E-state index in [1.54, 1.807) is 6.07 Å². The molecule has 178 valence electrons. The van der Waals surface area contributed by atoms with E-state index in [4.69, 9.17) is 17.0 Å². The van der Waals surface area contributed by atoms with Crippen LogP contribution in [0.15, 0.2) is 51.7 Å². The molecule has 0 aliphatic rings. The normalized spacial score (nSPS) is 12.7. The van der Waals surface area contributed by atoms with Gasteiger partial charge in [0.2, 0.25) is 5.82 Å². The molecule has 0 aliphatic heterocycles. The summed E-state index contributed by atoms with van der Waals surface area (Å²) in [4.78, 5) is 17.2. The number of H-pyrrole nitrogens is 1. The summed E-state index contributed by atoms with van der Waals surface area (Å²) in [5.41, 5.74) is 6.43. The lowest BCUT2D eigenvalue weighted by molar-refractivity contribution is -0.144. The standard InChI is InChI=1S/C21H16F4N10/c22-14-3-1-2-4-15(14)30-9-12(35-29)5-16-13(6-26)17(18(34-16)19(28)33-10-27)11-7-31-20(32-8-11)21(23,24)25/h1-4,7-10,34H,5,29H2,(H3,27,28,33). The fourth-order valence-corrected chi connectivity index (χ4v) is 3.03. The van der Waals surface area contributed by atoms with Crippen LogP contribution in [0.25, 0.3) is 11.1 Å². The summed E-state index contributed by atoms with van der Waals surface area (Å²) in [5.74, 6) is 3.29. The van der Waals surface area contributed by atoms with E-state index in [0.29, 0.717) is 6.34 Å². The zero-order valence-corrected chi connectivity index (χ0v) is 17.7. The topological polar surface area (TPSA) is 178 Å². The second kappa shape index (κ2) is 10.3. The van der Waals surface area contributed by atoms with Crippen LogP contribution in [0.3, 0.4) is 0 Å². The number of para-hydroxylation sites is 1. The Bertz CT molecular complexity index is 1360. The molecule has 1 aromatic carbocycles. The second-order valence-corrected chi connectivity index (χ2v) is 6.78. The Hall–Kier alpha value is -4.93. The highest BCUT2D eigenvalue weighted by atomic mass is 19.4. The second-order valence-electron chi connectivity index (χ2n) is 6.78. The lowest BCUT2D eigenvalue weighted by atomic mass is 10.0. The summed E-state index contributed by atoms with van der Waals surface area (Å²) in [6.07, 6.45) is -1.22. The third-order valence-electron chi connectivity index (χ3n) is 4.57. The fraction of sp³-hybridized carbons (Fsp3) is 0.0952. The van der Waals surface area contributed by atoms with Crippen molar-refractivity contribution >= 4 is 29.8 Å². The van der Waals surface area contributed by atoms with Crippen LogP contribution in [0, 0.1) is 22.6 Å². The lowest BCUT2D eigenvalue weighted by Gasteiger charge is -2.07. The van der Waals surface area contributed by atoms with Gasteiger partial charge in [0.15, 0.2) is 0 Å². The van der Waals surface area contributed by atoms with E-state index in [9.17, 15) is 22.8 Å². The number of hydrogen-bond acceptors (Lipinski definition) is 7. The number of aliphatic imine (C=N–C) groups is 2. The number of nitrogens with zero attached hydrogens (tertiary/aromatic N) is 6. The van der Waals surface area contributed by atoms with Crippen molar-refractivity contribution in [3.05, 3.63) is 65.3 Å². The largest absolute Gasteiger partial charge is 0.451 e. The molecule has 2 aromatic heterocycles. The Kier molecular flexibility index (Phi) is 7.30. The number of hydrazone groups is 1. The van der Waals surface area contributed by atoms with Gasteiger partial charge < -0.3 is 16.6 Å². The summed E-state index contributed by atoms with van der Waals surface area (Å²) in [6, 6.07) is 7.70. The van der Waals surface area contributed by atoms with Crippen molar-refractivity contribution in [2.45, 2.75) is 12.6 Å². The van der Waals surface area contributed by atoms with Crippen molar-refractivity contribution in [1.82, 2.24) is 15.0 Å². The van der Waals surface area contributed by atoms with Crippen molar-refractivity contribution < 1.29 is 17.6 Å². The first-order valence-electron chi connectivity index (χ1n) is 9.62. The molecule has 0 radical (unpaired) electrons. The van der Waals surface area contributed by atoms with Crippen molar-refractivity contribution in [2.75, 3.05) is 0 Å². The Morgan fingerprint density at radius 3 is 2.49 bits per heavy atom. The fourth-order valence-electron chi connectivity index (χ4n) is 3.03. The number of hydrogen-bond donors (Lipinski definition) is 4. The molecule has 0 saturated heterocycles. The minimum Gasteiger partial charge on any atom is -0.382 e. The van der Waals surface area contributed by atoms with Crippen LogP contribution < -0.4 is 11.6 Å². The molecule has 35 heavy (non-hydrogen) atoms. The molecular weight excluding hydrogens is 468 g/mol. The smallest absolute Gasteiger partial charge is 0.382 e. The molecule has 10 nitrogen and oxygen atoms in total. The molecule has 0 aliphatic carbocycles. The van der Waals surface area contributed by atoms with Crippen molar-refractivity contribution in [3.8, 4) is 17.2 Å². The van der Waals surface area contributed by atoms with E-state index in [1.807, 2.05) is 6.07 Å². The average Bonchev–Trinajstić information content (AvgIpc) is 3.20. The van der Waals surface area contributed by atoms with Gasteiger partial charge in [-0.2, -0.15) is 23.5 Å². The number of nitrogens with one attached hydrogen (secondary N) is 2. The van der Waals surface area contributed by atoms with Crippen molar-refractivity contribution in [3.63, 3.8) is 0 Å². The average molecular weight is 484 g/mol. The number of amidine groups is 1. The van der Waals surface area contributed by atoms with Gasteiger partial charge in [-0.15, -0.1) is 0 Å². The van der Waals surface area contributed by atoms with E-state index in [-0.39, 0.29) is 51.7 Å². The van der Waals surface area contributed by atoms with Gasteiger partial charge in [0, 0.05) is 35.6 Å². The third-order valence-corrected chi connectivity index (χ3v) is 4.57. The Balaban J connectivity index is 2.07. The molecule has 0 unspecified atom stereocenters. The van der Waals surface area contributed by atoms with Crippen molar-refractivity contribution in [2.24, 2.45) is 26.7 Å². The summed E-state index contributed by atoms with van der Waals surface area (Å²) >= 11 is 0. The predicted octanol–water partition coefficient (Wildman–Crippen LogP) is 3.07. The molecule has 2 heterocycles. The van der Waals surface area contributed by atoms with Crippen LogP contribution >= 0.6 is 0 Å². The summed E-state index contributed by atoms with van der Waals surface area (Å²) < 4.78 is 52.5. The van der Waals surface area contributed by atoms with Gasteiger partial charge >= 0.3 is 6.18 Å². The number of nitrogens with two attached hydrogens (primary N) is 2.